The Hall–Kier alpha value is -0.940. The summed E-state index contributed by atoms with van der Waals surface area (Å²) < 4.78 is 11.0. The van der Waals surface area contributed by atoms with Gasteiger partial charge in [-0.15, -0.1) is 0 Å². The summed E-state index contributed by atoms with van der Waals surface area (Å²) in [6.07, 6.45) is 3.28. The number of nitrogens with zero attached hydrogens (tertiary/aromatic N) is 2. The molecule has 0 spiro atoms. The minimum Gasteiger partial charge on any atom is -0.370 e. The molecule has 1 heterocycles. The van der Waals surface area contributed by atoms with Gasteiger partial charge in [0.1, 0.15) is 6.10 Å². The van der Waals surface area contributed by atoms with E-state index in [9.17, 15) is 0 Å². The molecule has 5 nitrogen and oxygen atoms in total. The second-order valence-electron chi connectivity index (χ2n) is 4.68. The molecule has 1 aliphatic rings. The highest BCUT2D eigenvalue weighted by Gasteiger charge is 2.36. The summed E-state index contributed by atoms with van der Waals surface area (Å²) in [5.41, 5.74) is 5.52. The molecule has 1 aromatic heterocycles. The third-order valence-electron chi connectivity index (χ3n) is 3.13. The van der Waals surface area contributed by atoms with Gasteiger partial charge in [0.05, 0.1) is 0 Å². The molecule has 0 saturated heterocycles. The Morgan fingerprint density at radius 2 is 2.29 bits per heavy atom. The van der Waals surface area contributed by atoms with Gasteiger partial charge < -0.3 is 15.0 Å². The highest BCUT2D eigenvalue weighted by atomic mass is 16.5. The van der Waals surface area contributed by atoms with Gasteiger partial charge in [-0.05, 0) is 38.6 Å². The maximum atomic E-state index is 5.70. The molecule has 0 aliphatic heterocycles. The summed E-state index contributed by atoms with van der Waals surface area (Å²) in [5, 5.41) is 4.05. The van der Waals surface area contributed by atoms with Crippen LogP contribution >= 0.6 is 0 Å². The predicted octanol–water partition coefficient (Wildman–Crippen LogP) is 2.01. The predicted molar refractivity (Wildman–Crippen MR) is 63.5 cm³/mol. The molecule has 0 amide bonds. The van der Waals surface area contributed by atoms with Gasteiger partial charge in [0.2, 0.25) is 11.7 Å². The molecular weight excluding hydrogens is 218 g/mol. The molecule has 96 valence electrons. The summed E-state index contributed by atoms with van der Waals surface area (Å²) in [6.45, 7) is 5.37. The Morgan fingerprint density at radius 1 is 1.53 bits per heavy atom. The van der Waals surface area contributed by atoms with E-state index < -0.39 is 0 Å². The quantitative estimate of drug-likeness (QED) is 0.787. The Kier molecular flexibility index (Phi) is 4.12. The summed E-state index contributed by atoms with van der Waals surface area (Å²) in [5.74, 6) is 2.18. The maximum absolute atomic E-state index is 5.70. The Balaban J connectivity index is 2.04. The van der Waals surface area contributed by atoms with Gasteiger partial charge in [0.25, 0.3) is 0 Å². The average molecular weight is 239 g/mol. The van der Waals surface area contributed by atoms with Crippen LogP contribution in [0.1, 0.15) is 56.8 Å². The lowest BCUT2D eigenvalue weighted by Gasteiger charge is -2.11. The van der Waals surface area contributed by atoms with E-state index in [0.29, 0.717) is 30.8 Å². The highest BCUT2D eigenvalue weighted by Crippen LogP contribution is 2.42. The number of nitrogens with two attached hydrogens (primary N) is 1. The van der Waals surface area contributed by atoms with Gasteiger partial charge in [-0.2, -0.15) is 4.98 Å². The zero-order valence-corrected chi connectivity index (χ0v) is 10.6. The van der Waals surface area contributed by atoms with Crippen LogP contribution in [0.4, 0.5) is 0 Å². The third kappa shape index (κ3) is 3.04. The van der Waals surface area contributed by atoms with Crippen LogP contribution in [0.15, 0.2) is 4.52 Å². The Morgan fingerprint density at radius 3 is 2.88 bits per heavy atom. The van der Waals surface area contributed by atoms with Gasteiger partial charge in [-0.3, -0.25) is 0 Å². The van der Waals surface area contributed by atoms with E-state index in [1.165, 1.54) is 12.8 Å². The molecule has 1 fully saturated rings. The first-order valence-corrected chi connectivity index (χ1v) is 6.41. The van der Waals surface area contributed by atoms with Crippen molar-refractivity contribution in [3.63, 3.8) is 0 Å². The molecule has 0 aromatic carbocycles. The van der Waals surface area contributed by atoms with Crippen LogP contribution in [0.3, 0.4) is 0 Å². The molecule has 1 aromatic rings. The van der Waals surface area contributed by atoms with Crippen molar-refractivity contribution < 1.29 is 9.26 Å². The zero-order valence-electron chi connectivity index (χ0n) is 10.6. The van der Waals surface area contributed by atoms with Crippen molar-refractivity contribution in [1.29, 1.82) is 0 Å². The summed E-state index contributed by atoms with van der Waals surface area (Å²) in [6, 6.07) is 0. The molecule has 1 saturated carbocycles. The van der Waals surface area contributed by atoms with Crippen molar-refractivity contribution in [2.45, 2.75) is 45.1 Å². The highest BCUT2D eigenvalue weighted by molar-refractivity contribution is 5.00. The fraction of sp³-hybridized carbons (Fsp3) is 0.833. The van der Waals surface area contributed by atoms with Gasteiger partial charge in [0.15, 0.2) is 0 Å². The lowest BCUT2D eigenvalue weighted by molar-refractivity contribution is 0.0384. The van der Waals surface area contributed by atoms with Crippen molar-refractivity contribution in [2.24, 2.45) is 11.7 Å². The first-order valence-electron chi connectivity index (χ1n) is 6.41. The molecule has 0 bridgehead atoms. The number of hydrogen-bond acceptors (Lipinski definition) is 5. The zero-order chi connectivity index (χ0) is 12.3. The normalized spacial score (nSPS) is 19.2. The minimum atomic E-state index is 0.0163. The van der Waals surface area contributed by atoms with Crippen molar-refractivity contribution >= 4 is 0 Å². The van der Waals surface area contributed by atoms with Gasteiger partial charge in [0, 0.05) is 12.5 Å². The fourth-order valence-electron chi connectivity index (χ4n) is 1.94. The third-order valence-corrected chi connectivity index (χ3v) is 3.13. The van der Waals surface area contributed by atoms with Gasteiger partial charge in [-0.1, -0.05) is 12.1 Å². The molecule has 5 heteroatoms. The second-order valence-corrected chi connectivity index (χ2v) is 4.68. The topological polar surface area (TPSA) is 74.2 Å². The molecule has 0 radical (unpaired) electrons. The minimum absolute atomic E-state index is 0.0163. The SMILES string of the molecule is CCOC(c1noc(C(C)CCN)n1)C1CC1. The second kappa shape index (κ2) is 5.60. The molecule has 1 aliphatic carbocycles. The molecular formula is C12H21N3O2. The van der Waals surface area contributed by atoms with Crippen LogP contribution in [0.2, 0.25) is 0 Å². The van der Waals surface area contributed by atoms with Crippen LogP contribution in [-0.2, 0) is 4.74 Å². The number of ether oxygens (including phenoxy) is 1. The molecule has 2 rings (SSSR count). The van der Waals surface area contributed by atoms with E-state index in [0.717, 1.165) is 6.42 Å². The molecule has 2 N–H and O–H groups in total. The van der Waals surface area contributed by atoms with Crippen molar-refractivity contribution in [3.8, 4) is 0 Å². The van der Waals surface area contributed by atoms with E-state index in [2.05, 4.69) is 17.1 Å². The van der Waals surface area contributed by atoms with Crippen LogP contribution in [0, 0.1) is 5.92 Å². The Labute approximate surface area is 102 Å². The first-order chi connectivity index (χ1) is 8.26. The van der Waals surface area contributed by atoms with E-state index >= 15 is 0 Å². The fourth-order valence-corrected chi connectivity index (χ4v) is 1.94. The van der Waals surface area contributed by atoms with E-state index in [4.69, 9.17) is 15.0 Å². The molecule has 2 unspecified atom stereocenters. The maximum Gasteiger partial charge on any atom is 0.229 e. The Bertz CT molecular complexity index is 349. The summed E-state index contributed by atoms with van der Waals surface area (Å²) in [4.78, 5) is 4.45. The monoisotopic (exact) mass is 239 g/mol. The number of aromatic nitrogens is 2. The van der Waals surface area contributed by atoms with Gasteiger partial charge >= 0.3 is 0 Å². The standard InChI is InChI=1S/C12H21N3O2/c1-3-16-10(9-4-5-9)11-14-12(17-15-11)8(2)6-7-13/h8-10H,3-7,13H2,1-2H3. The van der Waals surface area contributed by atoms with Crippen LogP contribution in [0.25, 0.3) is 0 Å². The van der Waals surface area contributed by atoms with E-state index in [-0.39, 0.29) is 12.0 Å². The average Bonchev–Trinajstić information content (AvgIpc) is 3.03. The lowest BCUT2D eigenvalue weighted by atomic mass is 10.1. The van der Waals surface area contributed by atoms with Crippen LogP contribution < -0.4 is 5.73 Å². The van der Waals surface area contributed by atoms with Crippen LogP contribution in [-0.4, -0.2) is 23.3 Å². The summed E-state index contributed by atoms with van der Waals surface area (Å²) in [7, 11) is 0. The smallest absolute Gasteiger partial charge is 0.229 e. The number of rotatable bonds is 7. The molecule has 17 heavy (non-hydrogen) atoms. The molecule has 2 atom stereocenters. The van der Waals surface area contributed by atoms with Gasteiger partial charge in [-0.25, -0.2) is 0 Å². The van der Waals surface area contributed by atoms with E-state index in [1.807, 2.05) is 6.92 Å². The lowest BCUT2D eigenvalue weighted by Crippen LogP contribution is -2.09. The largest absolute Gasteiger partial charge is 0.370 e. The van der Waals surface area contributed by atoms with Crippen molar-refractivity contribution in [3.05, 3.63) is 11.7 Å². The van der Waals surface area contributed by atoms with Crippen molar-refractivity contribution in [2.75, 3.05) is 13.2 Å². The first kappa shape index (κ1) is 12.5. The summed E-state index contributed by atoms with van der Waals surface area (Å²) >= 11 is 0. The number of hydrogen-bond donors (Lipinski definition) is 1. The van der Waals surface area contributed by atoms with E-state index in [1.54, 1.807) is 0 Å². The van der Waals surface area contributed by atoms with Crippen LogP contribution in [0.5, 0.6) is 0 Å². The van der Waals surface area contributed by atoms with Crippen molar-refractivity contribution in [1.82, 2.24) is 10.1 Å².